The molecule has 0 bridgehead atoms. The zero-order valence-electron chi connectivity index (χ0n) is 19.2. The zero-order chi connectivity index (χ0) is 22.8. The number of hydrogen-bond donors (Lipinski definition) is 1. The minimum atomic E-state index is -0.538. The van der Waals surface area contributed by atoms with Gasteiger partial charge in [0.05, 0.1) is 12.9 Å². The summed E-state index contributed by atoms with van der Waals surface area (Å²) in [5.74, 6) is 1.71. The number of benzene rings is 2. The predicted octanol–water partition coefficient (Wildman–Crippen LogP) is 4.57. The first-order chi connectivity index (χ1) is 14.8. The Morgan fingerprint density at radius 2 is 1.81 bits per heavy atom. The molecule has 31 heavy (non-hydrogen) atoms. The van der Waals surface area contributed by atoms with E-state index in [9.17, 15) is 9.59 Å². The van der Waals surface area contributed by atoms with Gasteiger partial charge in [-0.3, -0.25) is 9.59 Å². The fourth-order valence-corrected chi connectivity index (χ4v) is 3.99. The van der Waals surface area contributed by atoms with Gasteiger partial charge in [0.15, 0.2) is 0 Å². The van der Waals surface area contributed by atoms with Crippen molar-refractivity contribution in [2.75, 3.05) is 12.9 Å². The third-order valence-corrected chi connectivity index (χ3v) is 6.25. The van der Waals surface area contributed by atoms with Crippen LogP contribution in [0.2, 0.25) is 0 Å². The molecular weight excluding hydrogens is 408 g/mol. The zero-order valence-corrected chi connectivity index (χ0v) is 20.0. The lowest BCUT2D eigenvalue weighted by Crippen LogP contribution is -2.50. The third-order valence-electron chi connectivity index (χ3n) is 5.26. The minimum absolute atomic E-state index is 0.0354. The van der Waals surface area contributed by atoms with Crippen molar-refractivity contribution in [1.29, 1.82) is 0 Å². The van der Waals surface area contributed by atoms with Gasteiger partial charge in [-0.15, -0.1) is 11.8 Å². The first kappa shape index (κ1) is 24.8. The summed E-state index contributed by atoms with van der Waals surface area (Å²) >= 11 is 1.55. The van der Waals surface area contributed by atoms with Gasteiger partial charge in [-0.1, -0.05) is 48.9 Å². The summed E-state index contributed by atoms with van der Waals surface area (Å²) in [6.45, 7) is 8.25. The van der Waals surface area contributed by atoms with Crippen molar-refractivity contribution in [3.8, 4) is 5.75 Å². The fraction of sp³-hybridized carbons (Fsp3) is 0.440. The van der Waals surface area contributed by atoms with Gasteiger partial charge >= 0.3 is 0 Å². The number of carbonyl (C=O) groups is 2. The normalized spacial score (nSPS) is 12.7. The summed E-state index contributed by atoms with van der Waals surface area (Å²) in [5, 5.41) is 3.00. The molecule has 168 valence electrons. The number of rotatable bonds is 11. The molecule has 2 rings (SSSR count). The second kappa shape index (κ2) is 12.4. The molecule has 0 saturated heterocycles. The molecule has 0 saturated carbocycles. The Bertz CT molecular complexity index is 854. The van der Waals surface area contributed by atoms with Crippen LogP contribution in [0.1, 0.15) is 43.9 Å². The molecule has 6 heteroatoms. The van der Waals surface area contributed by atoms with Gasteiger partial charge < -0.3 is 15.0 Å². The fourth-order valence-electron chi connectivity index (χ4n) is 3.12. The van der Waals surface area contributed by atoms with Gasteiger partial charge in [-0.05, 0) is 50.5 Å². The summed E-state index contributed by atoms with van der Waals surface area (Å²) in [5.41, 5.74) is 3.29. The van der Waals surface area contributed by atoms with Crippen LogP contribution in [-0.4, -0.2) is 41.7 Å². The van der Waals surface area contributed by atoms with Crippen molar-refractivity contribution < 1.29 is 14.3 Å². The van der Waals surface area contributed by atoms with E-state index in [1.54, 1.807) is 30.7 Å². The lowest BCUT2D eigenvalue weighted by Gasteiger charge is -2.29. The van der Waals surface area contributed by atoms with Crippen LogP contribution in [0.25, 0.3) is 0 Å². The van der Waals surface area contributed by atoms with E-state index in [1.165, 1.54) is 0 Å². The molecule has 0 aromatic heterocycles. The molecule has 0 radical (unpaired) electrons. The average Bonchev–Trinajstić information content (AvgIpc) is 2.77. The Morgan fingerprint density at radius 1 is 1.10 bits per heavy atom. The van der Waals surface area contributed by atoms with Gasteiger partial charge in [0, 0.05) is 18.3 Å². The lowest BCUT2D eigenvalue weighted by molar-refractivity contribution is -0.138. The summed E-state index contributed by atoms with van der Waals surface area (Å²) in [6, 6.07) is 15.5. The molecule has 0 aliphatic heterocycles. The highest BCUT2D eigenvalue weighted by molar-refractivity contribution is 7.99. The Balaban J connectivity index is 2.06. The smallest absolute Gasteiger partial charge is 0.242 e. The van der Waals surface area contributed by atoms with Gasteiger partial charge in [0.25, 0.3) is 0 Å². The summed E-state index contributed by atoms with van der Waals surface area (Å²) < 4.78 is 5.19. The topological polar surface area (TPSA) is 58.6 Å². The number of methoxy groups -OCH3 is 1. The SMILES string of the molecule is CC[C@H](C)NC(=O)[C@@H](C)N(Cc1cccc(C)c1)C(=O)CSCc1ccc(OC)cc1. The van der Waals surface area contributed by atoms with E-state index in [1.807, 2.05) is 63.2 Å². The molecule has 0 aliphatic carbocycles. The largest absolute Gasteiger partial charge is 0.497 e. The van der Waals surface area contributed by atoms with E-state index in [-0.39, 0.29) is 17.9 Å². The predicted molar refractivity (Wildman–Crippen MR) is 128 cm³/mol. The van der Waals surface area contributed by atoms with Gasteiger partial charge in [-0.25, -0.2) is 0 Å². The molecule has 2 aromatic carbocycles. The molecule has 0 aliphatic rings. The van der Waals surface area contributed by atoms with E-state index in [4.69, 9.17) is 4.74 Å². The van der Waals surface area contributed by atoms with Crippen LogP contribution < -0.4 is 10.1 Å². The van der Waals surface area contributed by atoms with E-state index in [0.717, 1.165) is 34.6 Å². The maximum absolute atomic E-state index is 13.1. The standard InChI is InChI=1S/C25H34N2O3S/c1-6-19(3)26-25(29)20(4)27(15-22-9-7-8-18(2)14-22)24(28)17-31-16-21-10-12-23(30-5)13-11-21/h7-14,19-20H,6,15-17H2,1-5H3,(H,26,29)/t19-,20+/m0/s1. The molecule has 2 amide bonds. The van der Waals surface area contributed by atoms with Crippen LogP contribution >= 0.6 is 11.8 Å². The lowest BCUT2D eigenvalue weighted by atomic mass is 10.1. The highest BCUT2D eigenvalue weighted by Gasteiger charge is 2.26. The molecule has 5 nitrogen and oxygen atoms in total. The maximum atomic E-state index is 13.1. The molecular formula is C25H34N2O3S. The molecule has 0 unspecified atom stereocenters. The molecule has 2 aromatic rings. The van der Waals surface area contributed by atoms with Gasteiger partial charge in [-0.2, -0.15) is 0 Å². The first-order valence-corrected chi connectivity index (χ1v) is 11.9. The number of ether oxygens (including phenoxy) is 1. The number of amides is 2. The van der Waals surface area contributed by atoms with Gasteiger partial charge in [0.2, 0.25) is 11.8 Å². The molecule has 0 heterocycles. The summed E-state index contributed by atoms with van der Waals surface area (Å²) in [4.78, 5) is 27.6. The van der Waals surface area contributed by atoms with Crippen LogP contribution in [0.4, 0.5) is 0 Å². The van der Waals surface area contributed by atoms with Crippen molar-refractivity contribution in [2.24, 2.45) is 0 Å². The van der Waals surface area contributed by atoms with Crippen molar-refractivity contribution >= 4 is 23.6 Å². The van der Waals surface area contributed by atoms with Crippen molar-refractivity contribution in [1.82, 2.24) is 10.2 Å². The quantitative estimate of drug-likeness (QED) is 0.554. The minimum Gasteiger partial charge on any atom is -0.497 e. The van der Waals surface area contributed by atoms with Crippen LogP contribution in [0, 0.1) is 6.92 Å². The Labute approximate surface area is 190 Å². The Morgan fingerprint density at radius 3 is 2.42 bits per heavy atom. The number of nitrogens with zero attached hydrogens (tertiary/aromatic N) is 1. The molecule has 1 N–H and O–H groups in total. The second-order valence-corrected chi connectivity index (χ2v) is 8.83. The highest BCUT2D eigenvalue weighted by Crippen LogP contribution is 2.19. The molecule has 0 spiro atoms. The third kappa shape index (κ3) is 7.94. The van der Waals surface area contributed by atoms with Crippen LogP contribution in [0.5, 0.6) is 5.75 Å². The van der Waals surface area contributed by atoms with Crippen molar-refractivity contribution in [2.45, 2.75) is 58.5 Å². The first-order valence-electron chi connectivity index (χ1n) is 10.7. The Kier molecular flexibility index (Phi) is 9.92. The molecule has 0 fully saturated rings. The molecule has 2 atom stereocenters. The van der Waals surface area contributed by atoms with Crippen LogP contribution in [0.3, 0.4) is 0 Å². The van der Waals surface area contributed by atoms with Crippen molar-refractivity contribution in [3.05, 3.63) is 65.2 Å². The van der Waals surface area contributed by atoms with E-state index >= 15 is 0 Å². The average molecular weight is 443 g/mol. The van der Waals surface area contributed by atoms with E-state index < -0.39 is 6.04 Å². The van der Waals surface area contributed by atoms with E-state index in [0.29, 0.717) is 12.3 Å². The van der Waals surface area contributed by atoms with Gasteiger partial charge in [0.1, 0.15) is 11.8 Å². The second-order valence-electron chi connectivity index (χ2n) is 7.85. The van der Waals surface area contributed by atoms with Crippen molar-refractivity contribution in [3.63, 3.8) is 0 Å². The number of aryl methyl sites for hydroxylation is 1. The monoisotopic (exact) mass is 442 g/mol. The number of hydrogen-bond acceptors (Lipinski definition) is 4. The highest BCUT2D eigenvalue weighted by atomic mass is 32.2. The number of thioether (sulfide) groups is 1. The van der Waals surface area contributed by atoms with E-state index in [2.05, 4.69) is 11.4 Å². The number of carbonyl (C=O) groups excluding carboxylic acids is 2. The maximum Gasteiger partial charge on any atom is 0.242 e. The number of nitrogens with one attached hydrogen (secondary N) is 1. The summed E-state index contributed by atoms with van der Waals surface area (Å²) in [7, 11) is 1.64. The Hall–Kier alpha value is -2.47. The van der Waals surface area contributed by atoms with Crippen LogP contribution in [-0.2, 0) is 21.9 Å². The summed E-state index contributed by atoms with van der Waals surface area (Å²) in [6.07, 6.45) is 0.849. The van der Waals surface area contributed by atoms with Crippen LogP contribution in [0.15, 0.2) is 48.5 Å².